The largest absolute Gasteiger partial charge is 0.480 e. The van der Waals surface area contributed by atoms with Crippen molar-refractivity contribution in [3.05, 3.63) is 35.9 Å². The molecule has 1 aromatic rings. The summed E-state index contributed by atoms with van der Waals surface area (Å²) in [6, 6.07) is 9.20. The van der Waals surface area contributed by atoms with E-state index in [1.165, 1.54) is 4.90 Å². The van der Waals surface area contributed by atoms with Gasteiger partial charge in [-0.1, -0.05) is 37.3 Å². The Kier molecular flexibility index (Phi) is 5.95. The van der Waals surface area contributed by atoms with E-state index in [9.17, 15) is 14.7 Å². The number of amides is 1. The molecule has 2 unspecified atom stereocenters. The summed E-state index contributed by atoms with van der Waals surface area (Å²) in [6.45, 7) is 2.93. The number of piperidine rings is 1. The lowest BCUT2D eigenvalue weighted by Gasteiger charge is -2.35. The third kappa shape index (κ3) is 4.56. The van der Waals surface area contributed by atoms with E-state index < -0.39 is 12.0 Å². The average molecular weight is 305 g/mol. The molecule has 2 rings (SSSR count). The Morgan fingerprint density at radius 2 is 2.05 bits per heavy atom. The number of hydrogen-bond acceptors (Lipinski definition) is 3. The monoisotopic (exact) mass is 305 g/mol. The molecule has 0 bridgehead atoms. The van der Waals surface area contributed by atoms with Gasteiger partial charge in [0, 0.05) is 6.54 Å². The Morgan fingerprint density at radius 1 is 1.32 bits per heavy atom. The number of rotatable bonds is 6. The van der Waals surface area contributed by atoms with Crippen molar-refractivity contribution in [2.45, 2.75) is 32.2 Å². The smallest absolute Gasteiger partial charge is 0.326 e. The Labute approximate surface area is 130 Å². The molecule has 0 radical (unpaired) electrons. The van der Waals surface area contributed by atoms with E-state index in [1.807, 2.05) is 37.3 Å². The second-order valence-corrected chi connectivity index (χ2v) is 5.86. The van der Waals surface area contributed by atoms with E-state index >= 15 is 0 Å². The summed E-state index contributed by atoms with van der Waals surface area (Å²) in [5, 5.41) is 9.26. The van der Waals surface area contributed by atoms with E-state index in [0.29, 0.717) is 25.5 Å². The Morgan fingerprint density at radius 3 is 2.73 bits per heavy atom. The first-order chi connectivity index (χ1) is 10.6. The van der Waals surface area contributed by atoms with Gasteiger partial charge in [-0.05, 0) is 30.7 Å². The van der Waals surface area contributed by atoms with Gasteiger partial charge < -0.3 is 14.7 Å². The Balaban J connectivity index is 1.77. The minimum absolute atomic E-state index is 0.0506. The van der Waals surface area contributed by atoms with E-state index in [-0.39, 0.29) is 12.5 Å². The molecule has 5 heteroatoms. The Bertz CT molecular complexity index is 503. The highest BCUT2D eigenvalue weighted by molar-refractivity contribution is 5.84. The van der Waals surface area contributed by atoms with Crippen molar-refractivity contribution in [3.8, 4) is 0 Å². The lowest BCUT2D eigenvalue weighted by atomic mass is 9.92. The standard InChI is InChI=1S/C17H23NO4/c1-13-7-9-18(15(11-13)17(20)21)16(19)12-22-10-8-14-5-3-2-4-6-14/h2-6,13,15H,7-12H2,1H3,(H,20,21). The third-order valence-electron chi connectivity index (χ3n) is 4.07. The van der Waals surface area contributed by atoms with Gasteiger partial charge in [-0.3, -0.25) is 4.79 Å². The van der Waals surface area contributed by atoms with Crippen molar-refractivity contribution < 1.29 is 19.4 Å². The van der Waals surface area contributed by atoms with Crippen molar-refractivity contribution in [2.24, 2.45) is 5.92 Å². The van der Waals surface area contributed by atoms with Gasteiger partial charge in [-0.25, -0.2) is 4.79 Å². The zero-order valence-electron chi connectivity index (χ0n) is 12.9. The molecule has 2 atom stereocenters. The van der Waals surface area contributed by atoms with Gasteiger partial charge in [0.1, 0.15) is 12.6 Å². The number of ether oxygens (including phenoxy) is 1. The molecule has 1 heterocycles. The Hall–Kier alpha value is -1.88. The number of benzene rings is 1. The molecule has 0 aliphatic carbocycles. The first-order valence-corrected chi connectivity index (χ1v) is 7.72. The van der Waals surface area contributed by atoms with Crippen LogP contribution in [0.4, 0.5) is 0 Å². The number of hydrogen-bond donors (Lipinski definition) is 1. The van der Waals surface area contributed by atoms with Crippen LogP contribution in [0.1, 0.15) is 25.3 Å². The fraction of sp³-hybridized carbons (Fsp3) is 0.529. The number of nitrogens with zero attached hydrogens (tertiary/aromatic N) is 1. The quantitative estimate of drug-likeness (QED) is 0.816. The molecule has 1 aliphatic rings. The second-order valence-electron chi connectivity index (χ2n) is 5.86. The number of carbonyl (C=O) groups excluding carboxylic acids is 1. The van der Waals surface area contributed by atoms with Crippen LogP contribution in [-0.4, -0.2) is 47.7 Å². The maximum atomic E-state index is 12.2. The molecule has 0 aromatic heterocycles. The first-order valence-electron chi connectivity index (χ1n) is 7.72. The molecule has 22 heavy (non-hydrogen) atoms. The van der Waals surface area contributed by atoms with E-state index in [4.69, 9.17) is 4.74 Å². The van der Waals surface area contributed by atoms with Crippen LogP contribution in [0, 0.1) is 5.92 Å². The number of carboxylic acid groups (broad SMARTS) is 1. The topological polar surface area (TPSA) is 66.8 Å². The van der Waals surface area contributed by atoms with Crippen LogP contribution in [0.5, 0.6) is 0 Å². The summed E-state index contributed by atoms with van der Waals surface area (Å²) in [7, 11) is 0. The fourth-order valence-electron chi connectivity index (χ4n) is 2.75. The summed E-state index contributed by atoms with van der Waals surface area (Å²) < 4.78 is 5.42. The number of likely N-dealkylation sites (tertiary alicyclic amines) is 1. The predicted octanol–water partition coefficient (Wildman–Crippen LogP) is 1.96. The number of carboxylic acids is 1. The summed E-state index contributed by atoms with van der Waals surface area (Å²) in [6.07, 6.45) is 2.11. The van der Waals surface area contributed by atoms with E-state index in [2.05, 4.69) is 0 Å². The normalized spacial score (nSPS) is 21.6. The van der Waals surface area contributed by atoms with Gasteiger partial charge in [-0.2, -0.15) is 0 Å². The van der Waals surface area contributed by atoms with Crippen molar-refractivity contribution in [1.82, 2.24) is 4.90 Å². The molecular weight excluding hydrogens is 282 g/mol. The van der Waals surface area contributed by atoms with Crippen LogP contribution < -0.4 is 0 Å². The lowest BCUT2D eigenvalue weighted by molar-refractivity contribution is -0.155. The summed E-state index contributed by atoms with van der Waals surface area (Å²) in [5.74, 6) is -0.819. The molecule has 0 spiro atoms. The fourth-order valence-corrected chi connectivity index (χ4v) is 2.75. The molecule has 1 aromatic carbocycles. The summed E-state index contributed by atoms with van der Waals surface area (Å²) in [4.78, 5) is 24.9. The first kappa shape index (κ1) is 16.5. The minimum atomic E-state index is -0.927. The highest BCUT2D eigenvalue weighted by atomic mass is 16.5. The van der Waals surface area contributed by atoms with Crippen LogP contribution in [-0.2, 0) is 20.7 Å². The van der Waals surface area contributed by atoms with E-state index in [0.717, 1.165) is 18.4 Å². The minimum Gasteiger partial charge on any atom is -0.480 e. The molecule has 1 saturated heterocycles. The van der Waals surface area contributed by atoms with Crippen LogP contribution in [0.15, 0.2) is 30.3 Å². The number of aliphatic carboxylic acids is 1. The highest BCUT2D eigenvalue weighted by Crippen LogP contribution is 2.22. The van der Waals surface area contributed by atoms with Crippen LogP contribution in [0.2, 0.25) is 0 Å². The zero-order chi connectivity index (χ0) is 15.9. The summed E-state index contributed by atoms with van der Waals surface area (Å²) in [5.41, 5.74) is 1.16. The summed E-state index contributed by atoms with van der Waals surface area (Å²) >= 11 is 0. The SMILES string of the molecule is CC1CCN(C(=O)COCCc2ccccc2)C(C(=O)O)C1. The molecule has 1 amide bonds. The van der Waals surface area contributed by atoms with Gasteiger partial charge >= 0.3 is 5.97 Å². The molecule has 1 fully saturated rings. The van der Waals surface area contributed by atoms with E-state index in [1.54, 1.807) is 0 Å². The highest BCUT2D eigenvalue weighted by Gasteiger charge is 2.34. The van der Waals surface area contributed by atoms with Crippen molar-refractivity contribution in [3.63, 3.8) is 0 Å². The zero-order valence-corrected chi connectivity index (χ0v) is 12.9. The molecule has 0 saturated carbocycles. The maximum absolute atomic E-state index is 12.2. The lowest BCUT2D eigenvalue weighted by Crippen LogP contribution is -2.51. The van der Waals surface area contributed by atoms with Crippen molar-refractivity contribution >= 4 is 11.9 Å². The average Bonchev–Trinajstić information content (AvgIpc) is 2.52. The van der Waals surface area contributed by atoms with Crippen LogP contribution >= 0.6 is 0 Å². The van der Waals surface area contributed by atoms with Gasteiger partial charge in [0.25, 0.3) is 0 Å². The van der Waals surface area contributed by atoms with Gasteiger partial charge in [0.15, 0.2) is 0 Å². The van der Waals surface area contributed by atoms with Crippen molar-refractivity contribution in [1.29, 1.82) is 0 Å². The molecule has 5 nitrogen and oxygen atoms in total. The van der Waals surface area contributed by atoms with Crippen molar-refractivity contribution in [2.75, 3.05) is 19.8 Å². The third-order valence-corrected chi connectivity index (χ3v) is 4.07. The molecular formula is C17H23NO4. The van der Waals surface area contributed by atoms with Crippen LogP contribution in [0.3, 0.4) is 0 Å². The van der Waals surface area contributed by atoms with Crippen LogP contribution in [0.25, 0.3) is 0 Å². The van der Waals surface area contributed by atoms with Gasteiger partial charge in [0.2, 0.25) is 5.91 Å². The number of carbonyl (C=O) groups is 2. The maximum Gasteiger partial charge on any atom is 0.326 e. The van der Waals surface area contributed by atoms with Gasteiger partial charge in [-0.15, -0.1) is 0 Å². The molecule has 120 valence electrons. The molecule has 1 aliphatic heterocycles. The second kappa shape index (κ2) is 7.94. The van der Waals surface area contributed by atoms with Gasteiger partial charge in [0.05, 0.1) is 6.61 Å². The molecule has 1 N–H and O–H groups in total. The predicted molar refractivity (Wildman–Crippen MR) is 82.5 cm³/mol.